The molecule has 1 N–H and O–H groups in total. The van der Waals surface area contributed by atoms with Crippen LogP contribution in [0.15, 0.2) is 12.1 Å². The van der Waals surface area contributed by atoms with Gasteiger partial charge in [0.2, 0.25) is 10.0 Å². The first-order valence-corrected chi connectivity index (χ1v) is 8.99. The normalized spacial score (nSPS) is 11.5. The van der Waals surface area contributed by atoms with Crippen LogP contribution in [-0.4, -0.2) is 13.6 Å². The minimum absolute atomic E-state index is 0.439. The fraction of sp³-hybridized carbons (Fsp3) is 0.143. The molecule has 0 unspecified atom stereocenters. The summed E-state index contributed by atoms with van der Waals surface area (Å²) in [5, 5.41) is -0.439. The van der Waals surface area contributed by atoms with Crippen molar-refractivity contribution in [3.63, 3.8) is 0 Å². The van der Waals surface area contributed by atoms with Gasteiger partial charge in [-0.3, -0.25) is 4.72 Å². The predicted octanol–water partition coefficient (Wildman–Crippen LogP) is 3.44. The molecule has 0 spiro atoms. The van der Waals surface area contributed by atoms with Gasteiger partial charge in [0, 0.05) is 10.7 Å². The lowest BCUT2D eigenvalue weighted by molar-refractivity contribution is 0.605. The second kappa shape index (κ2) is 5.87. The fourth-order valence-corrected chi connectivity index (χ4v) is 5.79. The van der Waals surface area contributed by atoms with E-state index in [2.05, 4.69) is 72.5 Å². The predicted molar refractivity (Wildman–Crippen MR) is 87.9 cm³/mol. The van der Waals surface area contributed by atoms with Crippen LogP contribution >= 0.6 is 79.4 Å². The molecule has 0 bridgehead atoms. The molecule has 3 nitrogen and oxygen atoms in total. The Kier molecular flexibility index (Phi) is 5.68. The summed E-state index contributed by atoms with van der Waals surface area (Å²) in [5.41, 5.74) is 0.595. The minimum atomic E-state index is -3.43. The minimum Gasteiger partial charge on any atom is -0.280 e. The summed E-state index contributed by atoms with van der Waals surface area (Å²) < 4.78 is 27.8. The number of benzene rings is 1. The molecule has 84 valence electrons. The average Bonchev–Trinajstić information content (AvgIpc) is 2.11. The Balaban J connectivity index is 3.17. The number of rotatable bonds is 3. The molecule has 0 saturated heterocycles. The number of hydrogen-bond acceptors (Lipinski definition) is 2. The van der Waals surface area contributed by atoms with Crippen molar-refractivity contribution in [1.29, 1.82) is 0 Å². The van der Waals surface area contributed by atoms with Crippen molar-refractivity contribution < 1.29 is 8.42 Å². The van der Waals surface area contributed by atoms with Gasteiger partial charge < -0.3 is 0 Å². The highest BCUT2D eigenvalue weighted by atomic mass is 127. The quantitative estimate of drug-likeness (QED) is 0.438. The van der Waals surface area contributed by atoms with Gasteiger partial charge in [-0.15, -0.1) is 11.6 Å². The Morgan fingerprint density at radius 1 is 1.20 bits per heavy atom. The van der Waals surface area contributed by atoms with E-state index < -0.39 is 15.2 Å². The number of anilines is 1. The van der Waals surface area contributed by atoms with Crippen LogP contribution in [-0.2, 0) is 10.0 Å². The number of halogens is 4. The van der Waals surface area contributed by atoms with Crippen LogP contribution in [0.3, 0.4) is 0 Å². The third-order valence-corrected chi connectivity index (χ3v) is 5.40. The van der Waals surface area contributed by atoms with Gasteiger partial charge in [-0.05, 0) is 79.9 Å². The lowest BCUT2D eigenvalue weighted by Gasteiger charge is -2.10. The Labute approximate surface area is 134 Å². The molecule has 0 fully saturated rings. The van der Waals surface area contributed by atoms with Crippen LogP contribution in [0.2, 0.25) is 0 Å². The van der Waals surface area contributed by atoms with E-state index in [0.29, 0.717) is 5.69 Å². The summed E-state index contributed by atoms with van der Waals surface area (Å²) in [6, 6.07) is 3.80. The van der Waals surface area contributed by atoms with Crippen molar-refractivity contribution in [2.75, 3.05) is 9.93 Å². The van der Waals surface area contributed by atoms with Gasteiger partial charge in [-0.25, -0.2) is 8.42 Å². The molecule has 0 aliphatic carbocycles. The summed E-state index contributed by atoms with van der Waals surface area (Å²) in [4.78, 5) is 0. The first kappa shape index (κ1) is 14.5. The summed E-state index contributed by atoms with van der Waals surface area (Å²) in [7, 11) is -3.43. The van der Waals surface area contributed by atoms with Gasteiger partial charge in [0.05, 0.1) is 5.69 Å². The van der Waals surface area contributed by atoms with Crippen molar-refractivity contribution in [1.82, 2.24) is 0 Å². The first-order valence-electron chi connectivity index (χ1n) is 3.57. The zero-order valence-corrected chi connectivity index (χ0v) is 15.1. The maximum Gasteiger partial charge on any atom is 0.246 e. The lowest BCUT2D eigenvalue weighted by Crippen LogP contribution is -2.15. The van der Waals surface area contributed by atoms with Crippen LogP contribution in [0.1, 0.15) is 0 Å². The van der Waals surface area contributed by atoms with E-state index >= 15 is 0 Å². The number of alkyl halides is 1. The topological polar surface area (TPSA) is 46.2 Å². The molecule has 1 aromatic rings. The highest BCUT2D eigenvalue weighted by Gasteiger charge is 2.13. The summed E-state index contributed by atoms with van der Waals surface area (Å²) in [6.07, 6.45) is 0. The monoisotopic (exact) mass is 583 g/mol. The molecule has 0 aliphatic rings. The van der Waals surface area contributed by atoms with Crippen LogP contribution in [0, 0.1) is 10.7 Å². The van der Waals surface area contributed by atoms with Crippen molar-refractivity contribution in [2.45, 2.75) is 0 Å². The van der Waals surface area contributed by atoms with Crippen LogP contribution in [0.5, 0.6) is 0 Å². The highest BCUT2D eigenvalue weighted by molar-refractivity contribution is 14.1. The number of hydrogen-bond donors (Lipinski definition) is 1. The van der Waals surface area contributed by atoms with Gasteiger partial charge in [0.15, 0.2) is 0 Å². The molecular weight excluding hydrogens is 578 g/mol. The summed E-state index contributed by atoms with van der Waals surface area (Å²) in [5.74, 6) is 0. The zero-order chi connectivity index (χ0) is 11.6. The molecule has 8 heteroatoms. The van der Waals surface area contributed by atoms with Crippen molar-refractivity contribution in [3.8, 4) is 0 Å². The average molecular weight is 583 g/mol. The van der Waals surface area contributed by atoms with Crippen LogP contribution < -0.4 is 4.72 Å². The Morgan fingerprint density at radius 2 is 1.67 bits per heavy atom. The SMILES string of the molecule is O=S(=O)(CCl)Nc1c(I)cc(I)cc1I. The molecule has 1 rings (SSSR count). The van der Waals surface area contributed by atoms with Crippen molar-refractivity contribution >= 4 is 95.1 Å². The van der Waals surface area contributed by atoms with E-state index in [9.17, 15) is 8.42 Å². The molecule has 0 radical (unpaired) electrons. The summed E-state index contributed by atoms with van der Waals surface area (Å²) >= 11 is 11.7. The zero-order valence-electron chi connectivity index (χ0n) is 7.10. The number of nitrogens with one attached hydrogen (secondary N) is 1. The van der Waals surface area contributed by atoms with Gasteiger partial charge in [0.25, 0.3) is 0 Å². The molecule has 15 heavy (non-hydrogen) atoms. The van der Waals surface area contributed by atoms with E-state index in [0.717, 1.165) is 10.7 Å². The van der Waals surface area contributed by atoms with Crippen molar-refractivity contribution in [3.05, 3.63) is 22.8 Å². The molecule has 0 aliphatic heterocycles. The fourth-order valence-electron chi connectivity index (χ4n) is 0.822. The maximum absolute atomic E-state index is 11.3. The molecular formula is C7H5ClI3NO2S. The molecule has 0 saturated carbocycles. The summed E-state index contributed by atoms with van der Waals surface area (Å²) in [6.45, 7) is 0. The second-order valence-corrected chi connectivity index (χ2v) is 8.45. The largest absolute Gasteiger partial charge is 0.280 e. The second-order valence-electron chi connectivity index (χ2n) is 2.57. The Morgan fingerprint density at radius 3 is 2.07 bits per heavy atom. The Hall–Kier alpha value is 1.45. The molecule has 0 atom stereocenters. The maximum atomic E-state index is 11.3. The highest BCUT2D eigenvalue weighted by Crippen LogP contribution is 2.28. The van der Waals surface area contributed by atoms with E-state index in [-0.39, 0.29) is 0 Å². The molecule has 0 aromatic heterocycles. The van der Waals surface area contributed by atoms with E-state index in [1.54, 1.807) is 0 Å². The van der Waals surface area contributed by atoms with E-state index in [4.69, 9.17) is 11.6 Å². The third-order valence-electron chi connectivity index (χ3n) is 1.41. The van der Waals surface area contributed by atoms with Gasteiger partial charge in [0.1, 0.15) is 5.21 Å². The van der Waals surface area contributed by atoms with E-state index in [1.165, 1.54) is 0 Å². The lowest BCUT2D eigenvalue weighted by atomic mass is 10.3. The van der Waals surface area contributed by atoms with Crippen LogP contribution in [0.25, 0.3) is 0 Å². The Bertz CT molecular complexity index is 454. The van der Waals surface area contributed by atoms with Gasteiger partial charge >= 0.3 is 0 Å². The number of sulfonamides is 1. The first-order chi connectivity index (χ1) is 6.85. The van der Waals surface area contributed by atoms with Gasteiger partial charge in [-0.2, -0.15) is 0 Å². The standard InChI is InChI=1S/C7H5ClI3NO2S/c8-3-15(13,14)12-7-5(10)1-4(9)2-6(7)11/h1-2,12H,3H2. The van der Waals surface area contributed by atoms with Crippen LogP contribution in [0.4, 0.5) is 5.69 Å². The third kappa shape index (κ3) is 4.32. The van der Waals surface area contributed by atoms with Gasteiger partial charge in [-0.1, -0.05) is 0 Å². The molecule has 0 amide bonds. The van der Waals surface area contributed by atoms with Crippen molar-refractivity contribution in [2.24, 2.45) is 0 Å². The van der Waals surface area contributed by atoms with E-state index in [1.807, 2.05) is 12.1 Å². The molecule has 0 heterocycles. The smallest absolute Gasteiger partial charge is 0.246 e. The molecule has 1 aromatic carbocycles.